The molecule has 1 unspecified atom stereocenters. The third-order valence-electron chi connectivity index (χ3n) is 6.88. The molecule has 0 bridgehead atoms. The van der Waals surface area contributed by atoms with Gasteiger partial charge in [-0.3, -0.25) is 4.79 Å². The topological polar surface area (TPSA) is 98.3 Å². The summed E-state index contributed by atoms with van der Waals surface area (Å²) >= 11 is 13.5. The molecule has 1 saturated carbocycles. The van der Waals surface area contributed by atoms with E-state index in [1.54, 1.807) is 6.92 Å². The third-order valence-corrected chi connectivity index (χ3v) is 8.93. The number of hydrogen-bond acceptors (Lipinski definition) is 5. The van der Waals surface area contributed by atoms with Crippen LogP contribution in [0.5, 0.6) is 0 Å². The van der Waals surface area contributed by atoms with Gasteiger partial charge >= 0.3 is 5.97 Å². The van der Waals surface area contributed by atoms with Crippen LogP contribution in [-0.4, -0.2) is 46.1 Å². The van der Waals surface area contributed by atoms with Crippen molar-refractivity contribution in [2.45, 2.75) is 39.2 Å². The molecule has 3 N–H and O–H groups in total. The highest BCUT2D eigenvalue weighted by Crippen LogP contribution is 2.48. The normalized spacial score (nSPS) is 21.2. The van der Waals surface area contributed by atoms with Crippen LogP contribution in [0.25, 0.3) is 11.3 Å². The Hall–Kier alpha value is -2.55. The minimum absolute atomic E-state index is 0.0151. The number of aryl methyl sites for hydroxylation is 1. The number of aromatic nitrogens is 2. The lowest BCUT2D eigenvalue weighted by Gasteiger charge is -2.19. The van der Waals surface area contributed by atoms with Crippen molar-refractivity contribution in [2.75, 3.05) is 18.0 Å². The first-order valence-corrected chi connectivity index (χ1v) is 13.0. The number of benzene rings is 1. The molecule has 1 aliphatic carbocycles. The molecule has 0 radical (unpaired) electrons. The number of carboxylic acid groups (broad SMARTS) is 1. The van der Waals surface area contributed by atoms with Crippen molar-refractivity contribution in [1.29, 1.82) is 0 Å². The number of anilines is 1. The van der Waals surface area contributed by atoms with Crippen LogP contribution in [0.4, 0.5) is 5.13 Å². The van der Waals surface area contributed by atoms with Crippen LogP contribution in [0.1, 0.15) is 52.2 Å². The molecule has 5 rings (SSSR count). The summed E-state index contributed by atoms with van der Waals surface area (Å²) in [6.45, 7) is 9.61. The number of carboxylic acids is 1. The predicted octanol–water partition coefficient (Wildman–Crippen LogP) is 5.61. The van der Waals surface area contributed by atoms with Gasteiger partial charge in [-0.1, -0.05) is 79.6 Å². The molecule has 7 nitrogen and oxygen atoms in total. The first-order chi connectivity index (χ1) is 16.5. The molecule has 0 spiro atoms. The van der Waals surface area contributed by atoms with Crippen LogP contribution in [-0.2, 0) is 5.41 Å². The number of nitrogens with one attached hydrogen (secondary N) is 2. The van der Waals surface area contributed by atoms with E-state index in [-0.39, 0.29) is 44.8 Å². The van der Waals surface area contributed by atoms with E-state index in [2.05, 4.69) is 36.0 Å². The molecule has 1 amide bonds. The number of aromatic amines is 1. The van der Waals surface area contributed by atoms with Crippen molar-refractivity contribution in [1.82, 2.24) is 15.3 Å². The highest BCUT2D eigenvalue weighted by atomic mass is 35.5. The predicted molar refractivity (Wildman–Crippen MR) is 139 cm³/mol. The van der Waals surface area contributed by atoms with E-state index in [9.17, 15) is 14.7 Å². The van der Waals surface area contributed by atoms with Gasteiger partial charge in [0, 0.05) is 42.2 Å². The van der Waals surface area contributed by atoms with Gasteiger partial charge in [0.25, 0.3) is 5.91 Å². The summed E-state index contributed by atoms with van der Waals surface area (Å²) in [5.74, 6) is -0.666. The zero-order valence-corrected chi connectivity index (χ0v) is 22.1. The van der Waals surface area contributed by atoms with Gasteiger partial charge in [0.05, 0.1) is 15.7 Å². The third kappa shape index (κ3) is 4.32. The van der Waals surface area contributed by atoms with E-state index in [0.29, 0.717) is 34.6 Å². The number of nitrogens with zero attached hydrogens (tertiary/aromatic N) is 2. The number of amides is 1. The standard InChI is InChI=1S/C25H26Cl2N4O3S/c1-11-16(26)17(27)20(28-11)22(32)29-19-14-9-31(10-15(14)19)24-30-18(21(35-24)23(33)34)12-5-7-13(8-6-12)25(2,3)4/h5-8,14-15,19,28H,9-10H2,1-4H3,(H,29,32)(H,33,34)/t14-,15+,19?. The first kappa shape index (κ1) is 24.2. The molecule has 2 aromatic heterocycles. The molecule has 2 fully saturated rings. The Morgan fingerprint density at radius 1 is 1.14 bits per heavy atom. The van der Waals surface area contributed by atoms with Crippen LogP contribution in [0.15, 0.2) is 24.3 Å². The second-order valence-corrected chi connectivity index (χ2v) is 12.0. The number of rotatable bonds is 5. The van der Waals surface area contributed by atoms with E-state index in [1.807, 2.05) is 24.3 Å². The average Bonchev–Trinajstić information content (AvgIpc) is 3.19. The number of aromatic carboxylic acids is 1. The van der Waals surface area contributed by atoms with Crippen molar-refractivity contribution in [3.63, 3.8) is 0 Å². The van der Waals surface area contributed by atoms with Crippen LogP contribution >= 0.6 is 34.5 Å². The maximum absolute atomic E-state index is 12.7. The van der Waals surface area contributed by atoms with Crippen molar-refractivity contribution in [3.05, 3.63) is 56.1 Å². The number of carbonyl (C=O) groups is 2. The van der Waals surface area contributed by atoms with Gasteiger partial charge in [-0.25, -0.2) is 9.78 Å². The van der Waals surface area contributed by atoms with Crippen LogP contribution in [0.3, 0.4) is 0 Å². The molecule has 1 aliphatic heterocycles. The minimum atomic E-state index is -0.977. The quantitative estimate of drug-likeness (QED) is 0.396. The molecular formula is C25H26Cl2N4O3S. The molecule has 3 atom stereocenters. The van der Waals surface area contributed by atoms with Crippen molar-refractivity contribution < 1.29 is 14.7 Å². The summed E-state index contributed by atoms with van der Waals surface area (Å²) in [4.78, 5) is 34.6. The SMILES string of the molecule is Cc1[nH]c(C(=O)NC2[C@H]3CN(c4nc(-c5ccc(C(C)(C)C)cc5)c(C(=O)O)s4)C[C@@H]23)c(Cl)c1Cl. The second kappa shape index (κ2) is 8.54. The van der Waals surface area contributed by atoms with E-state index < -0.39 is 5.97 Å². The Morgan fingerprint density at radius 3 is 2.29 bits per heavy atom. The van der Waals surface area contributed by atoms with Gasteiger partial charge in [-0.15, -0.1) is 0 Å². The highest BCUT2D eigenvalue weighted by Gasteiger charge is 2.57. The Bertz CT molecular complexity index is 1310. The number of carbonyl (C=O) groups excluding carboxylic acids is 1. The molecule has 2 aliphatic rings. The lowest BCUT2D eigenvalue weighted by atomic mass is 9.86. The lowest BCUT2D eigenvalue weighted by molar-refractivity contribution is 0.0702. The van der Waals surface area contributed by atoms with Gasteiger partial charge in [-0.05, 0) is 17.9 Å². The monoisotopic (exact) mass is 532 g/mol. The van der Waals surface area contributed by atoms with Crippen molar-refractivity contribution >= 4 is 51.5 Å². The smallest absolute Gasteiger partial charge is 0.348 e. The van der Waals surface area contributed by atoms with Gasteiger partial charge in [-0.2, -0.15) is 0 Å². The minimum Gasteiger partial charge on any atom is -0.477 e. The summed E-state index contributed by atoms with van der Waals surface area (Å²) in [6.07, 6.45) is 0. The fraction of sp³-hybridized carbons (Fsp3) is 0.400. The summed E-state index contributed by atoms with van der Waals surface area (Å²) in [6, 6.07) is 8.00. The van der Waals surface area contributed by atoms with E-state index in [4.69, 9.17) is 28.2 Å². The zero-order chi connectivity index (χ0) is 25.2. The highest BCUT2D eigenvalue weighted by molar-refractivity contribution is 7.17. The molecule has 184 valence electrons. The van der Waals surface area contributed by atoms with Crippen molar-refractivity contribution in [3.8, 4) is 11.3 Å². The number of piperidine rings is 1. The maximum atomic E-state index is 12.7. The summed E-state index contributed by atoms with van der Waals surface area (Å²) < 4.78 is 0. The number of thiazole rings is 1. The van der Waals surface area contributed by atoms with E-state index in [1.165, 1.54) is 16.9 Å². The Balaban J connectivity index is 1.28. The summed E-state index contributed by atoms with van der Waals surface area (Å²) in [7, 11) is 0. The molecule has 10 heteroatoms. The molecule has 3 heterocycles. The fourth-order valence-electron chi connectivity index (χ4n) is 4.76. The van der Waals surface area contributed by atoms with Gasteiger partial charge < -0.3 is 20.3 Å². The summed E-state index contributed by atoms with van der Waals surface area (Å²) in [5.41, 5.74) is 3.43. The zero-order valence-electron chi connectivity index (χ0n) is 19.8. The number of fused-ring (bicyclic) bond motifs is 1. The number of hydrogen-bond donors (Lipinski definition) is 3. The Kier molecular flexibility index (Phi) is 5.89. The average molecular weight is 533 g/mol. The second-order valence-electron chi connectivity index (χ2n) is 10.3. The van der Waals surface area contributed by atoms with Crippen molar-refractivity contribution in [2.24, 2.45) is 11.8 Å². The Labute approximate surface area is 217 Å². The van der Waals surface area contributed by atoms with Crippen LogP contribution in [0.2, 0.25) is 10.0 Å². The van der Waals surface area contributed by atoms with Crippen LogP contribution < -0.4 is 10.2 Å². The maximum Gasteiger partial charge on any atom is 0.348 e. The first-order valence-electron chi connectivity index (χ1n) is 11.4. The number of H-pyrrole nitrogens is 1. The van der Waals surface area contributed by atoms with E-state index >= 15 is 0 Å². The summed E-state index contributed by atoms with van der Waals surface area (Å²) in [5, 5.41) is 14.2. The molecule has 1 aromatic carbocycles. The molecular weight excluding hydrogens is 507 g/mol. The number of halogens is 2. The molecule has 1 saturated heterocycles. The van der Waals surface area contributed by atoms with Gasteiger partial charge in [0.1, 0.15) is 10.6 Å². The largest absolute Gasteiger partial charge is 0.477 e. The Morgan fingerprint density at radius 2 is 1.77 bits per heavy atom. The van der Waals surface area contributed by atoms with Gasteiger partial charge in [0.15, 0.2) is 5.13 Å². The lowest BCUT2D eigenvalue weighted by Crippen LogP contribution is -2.34. The molecule has 3 aromatic rings. The van der Waals surface area contributed by atoms with Gasteiger partial charge in [0.2, 0.25) is 0 Å². The molecule has 35 heavy (non-hydrogen) atoms. The van der Waals surface area contributed by atoms with Crippen LogP contribution in [0, 0.1) is 18.8 Å². The van der Waals surface area contributed by atoms with E-state index in [0.717, 1.165) is 5.56 Å². The fourth-order valence-corrected chi connectivity index (χ4v) is 6.12.